The molecule has 0 aromatic carbocycles. The molecular weight excluding hydrogens is 889 g/mol. The van der Waals surface area contributed by atoms with Crippen LogP contribution in [0.1, 0.15) is 63.3 Å². The van der Waals surface area contributed by atoms with Crippen molar-refractivity contribution in [2.75, 3.05) is 23.1 Å². The number of aldehydes is 1. The van der Waals surface area contributed by atoms with Gasteiger partial charge in [0.1, 0.15) is 51.2 Å². The number of thioether (sulfide) groups is 2. The number of nitrogens with zero attached hydrogens (tertiary/aromatic N) is 8. The molecule has 15 nitrogen and oxygen atoms in total. The van der Waals surface area contributed by atoms with Crippen molar-refractivity contribution in [1.29, 1.82) is 0 Å². The summed E-state index contributed by atoms with van der Waals surface area (Å²) in [4.78, 5) is 49.3. The van der Waals surface area contributed by atoms with Gasteiger partial charge < -0.3 is 34.4 Å². The maximum atomic E-state index is 11.7. The van der Waals surface area contributed by atoms with E-state index in [-0.39, 0.29) is 48.3 Å². The van der Waals surface area contributed by atoms with Crippen LogP contribution < -0.4 is 10.6 Å². The number of aromatic nitrogens is 8. The lowest BCUT2D eigenvalue weighted by Gasteiger charge is -2.24. The van der Waals surface area contributed by atoms with Gasteiger partial charge in [0, 0.05) is 24.2 Å². The number of anilines is 2. The third-order valence-corrected chi connectivity index (χ3v) is 15.2. The zero-order valence-corrected chi connectivity index (χ0v) is 40.7. The van der Waals surface area contributed by atoms with Crippen LogP contribution in [-0.4, -0.2) is 107 Å². The van der Waals surface area contributed by atoms with Crippen LogP contribution in [0.4, 0.5) is 11.6 Å². The average Bonchev–Trinajstić information content (AvgIpc) is 4.10. The first kappa shape index (κ1) is 45.0. The summed E-state index contributed by atoms with van der Waals surface area (Å²) in [5, 5.41) is 10.4. The lowest BCUT2D eigenvalue weighted by atomic mass is 10.1. The number of carbonyl (C=O) groups is 1. The zero-order chi connectivity index (χ0) is 45.2. The molecule has 2 saturated heterocycles. The van der Waals surface area contributed by atoms with Gasteiger partial charge in [-0.3, -0.25) is 9.97 Å². The molecule has 8 atom stereocenters. The van der Waals surface area contributed by atoms with Crippen molar-refractivity contribution in [1.82, 2.24) is 39.9 Å². The number of hydrogen-bond acceptors (Lipinski definition) is 19. The van der Waals surface area contributed by atoms with Crippen LogP contribution in [0.15, 0.2) is 47.5 Å². The fraction of sp³-hybridized carbons (Fsp3) is 0.489. The Morgan fingerprint density at radius 1 is 0.641 bits per heavy atom. The second-order valence-electron chi connectivity index (χ2n) is 17.4. The number of ether oxygens (including phenoxy) is 4. The van der Waals surface area contributed by atoms with Gasteiger partial charge in [-0.15, -0.1) is 29.3 Å². The van der Waals surface area contributed by atoms with E-state index in [1.54, 1.807) is 28.9 Å². The van der Waals surface area contributed by atoms with Crippen molar-refractivity contribution in [3.63, 3.8) is 0 Å². The molecule has 2 aliphatic heterocycles. The van der Waals surface area contributed by atoms with Crippen molar-refractivity contribution in [3.05, 3.63) is 60.0 Å². The van der Waals surface area contributed by atoms with E-state index in [1.165, 1.54) is 23.5 Å². The van der Waals surface area contributed by atoms with E-state index in [1.807, 2.05) is 92.3 Å². The molecule has 0 unspecified atom stereocenters. The Morgan fingerprint density at radius 3 is 1.47 bits per heavy atom. The molecule has 6 aromatic rings. The molecule has 10 rings (SSSR count). The molecule has 19 heteroatoms. The van der Waals surface area contributed by atoms with E-state index < -0.39 is 11.6 Å². The molecule has 2 aliphatic carbocycles. The number of aryl methyl sites for hydroxylation is 4. The van der Waals surface area contributed by atoms with Crippen molar-refractivity contribution < 1.29 is 23.7 Å². The van der Waals surface area contributed by atoms with E-state index in [4.69, 9.17) is 43.9 Å². The maximum absolute atomic E-state index is 11.7. The highest BCUT2D eigenvalue weighted by atomic mass is 32.2. The van der Waals surface area contributed by atoms with Gasteiger partial charge >= 0.3 is 0 Å². The molecule has 8 heterocycles. The molecule has 0 amide bonds. The molecule has 0 spiro atoms. The molecule has 64 heavy (non-hydrogen) atoms. The highest BCUT2D eigenvalue weighted by molar-refractivity contribution is 7.98. The third-order valence-electron chi connectivity index (χ3n) is 12.1. The monoisotopic (exact) mass is 940 g/mol. The zero-order valence-electron chi connectivity index (χ0n) is 37.5. The minimum Gasteiger partial charge on any atom is -0.364 e. The van der Waals surface area contributed by atoms with Crippen LogP contribution in [-0.2, 0) is 23.7 Å². The summed E-state index contributed by atoms with van der Waals surface area (Å²) < 4.78 is 26.9. The van der Waals surface area contributed by atoms with Crippen LogP contribution in [0.25, 0.3) is 41.6 Å². The lowest BCUT2D eigenvalue weighted by Crippen LogP contribution is -2.35. The predicted octanol–water partition coefficient (Wildman–Crippen LogP) is 9.00. The molecule has 4 fully saturated rings. The number of carbonyl (C=O) groups excluding carboxylic acids is 1. The Bertz CT molecular complexity index is 2580. The van der Waals surface area contributed by atoms with Gasteiger partial charge in [-0.25, -0.2) is 29.9 Å². The molecule has 2 saturated carbocycles. The second-order valence-corrected chi connectivity index (χ2v) is 21.0. The first-order valence-corrected chi connectivity index (χ1v) is 25.3. The minimum absolute atomic E-state index is 0.0115. The largest absolute Gasteiger partial charge is 0.364 e. The van der Waals surface area contributed by atoms with E-state index in [2.05, 4.69) is 32.2 Å². The quantitative estimate of drug-likeness (QED) is 0.0574. The van der Waals surface area contributed by atoms with Crippen molar-refractivity contribution in [3.8, 4) is 21.1 Å². The summed E-state index contributed by atoms with van der Waals surface area (Å²) in [6.07, 6.45) is 11.4. The first-order chi connectivity index (χ1) is 30.6. The van der Waals surface area contributed by atoms with E-state index in [0.29, 0.717) is 17.4 Å². The number of hydrogen-bond donors (Lipinski definition) is 2. The SMILES string of the molecule is C=C[C@H]1C[C@@H](Nc2nc(SC)nc(C)c2-c2nc3c(C)nccc3s2)[C@@H]2OC(C)(C)O[C@@H]21.CSc1nc(C)c(-c2nc3c(C)nccc3s2)c(N[C@@H]2C[C@H](C=O)[C@H]3OC(C)(C)O[C@H]32)n1. The summed E-state index contributed by atoms with van der Waals surface area (Å²) in [7, 11) is 0. The first-order valence-electron chi connectivity index (χ1n) is 21.2. The average molecular weight is 941 g/mol. The van der Waals surface area contributed by atoms with Crippen LogP contribution in [0.3, 0.4) is 0 Å². The molecule has 336 valence electrons. The fourth-order valence-corrected chi connectivity index (χ4v) is 12.3. The normalized spacial score (nSPS) is 26.4. The Kier molecular flexibility index (Phi) is 12.3. The third kappa shape index (κ3) is 8.53. The van der Waals surface area contributed by atoms with E-state index >= 15 is 0 Å². The number of fused-ring (bicyclic) bond motifs is 4. The Hall–Kier alpha value is -4.21. The number of rotatable bonds is 10. The number of nitrogens with one attached hydrogen (secondary N) is 2. The second kappa shape index (κ2) is 17.5. The van der Waals surface area contributed by atoms with Gasteiger partial charge in [-0.05, 0) is 92.9 Å². The van der Waals surface area contributed by atoms with Crippen LogP contribution in [0.5, 0.6) is 0 Å². The molecule has 2 N–H and O–H groups in total. The smallest absolute Gasteiger partial charge is 0.189 e. The van der Waals surface area contributed by atoms with Gasteiger partial charge in [0.25, 0.3) is 0 Å². The van der Waals surface area contributed by atoms with Crippen LogP contribution in [0.2, 0.25) is 0 Å². The highest BCUT2D eigenvalue weighted by Gasteiger charge is 2.55. The molecule has 0 radical (unpaired) electrons. The minimum atomic E-state index is -0.719. The van der Waals surface area contributed by atoms with Gasteiger partial charge in [0.05, 0.1) is 67.6 Å². The van der Waals surface area contributed by atoms with Gasteiger partial charge in [-0.1, -0.05) is 29.6 Å². The highest BCUT2D eigenvalue weighted by Crippen LogP contribution is 2.46. The van der Waals surface area contributed by atoms with E-state index in [9.17, 15) is 4.79 Å². The van der Waals surface area contributed by atoms with Crippen LogP contribution >= 0.6 is 46.2 Å². The number of thiazole rings is 2. The predicted molar refractivity (Wildman–Crippen MR) is 254 cm³/mol. The van der Waals surface area contributed by atoms with Crippen molar-refractivity contribution >= 4 is 84.6 Å². The van der Waals surface area contributed by atoms with Crippen LogP contribution in [0, 0.1) is 39.5 Å². The van der Waals surface area contributed by atoms with Gasteiger partial charge in [-0.2, -0.15) is 0 Å². The molecule has 0 bridgehead atoms. The van der Waals surface area contributed by atoms with Crippen molar-refractivity contribution in [2.45, 2.75) is 127 Å². The summed E-state index contributed by atoms with van der Waals surface area (Å²) in [6, 6.07) is 3.92. The summed E-state index contributed by atoms with van der Waals surface area (Å²) in [6.45, 7) is 19.7. The topological polar surface area (TPSA) is 181 Å². The van der Waals surface area contributed by atoms with Gasteiger partial charge in [0.15, 0.2) is 21.9 Å². The summed E-state index contributed by atoms with van der Waals surface area (Å²) in [5.41, 5.74) is 7.18. The molecular formula is C45H52N10O5S4. The Balaban J connectivity index is 0.000000162. The number of pyridine rings is 2. The summed E-state index contributed by atoms with van der Waals surface area (Å²) in [5.74, 6) is 0.166. The molecule has 6 aromatic heterocycles. The van der Waals surface area contributed by atoms with Crippen molar-refractivity contribution in [2.24, 2.45) is 11.8 Å². The summed E-state index contributed by atoms with van der Waals surface area (Å²) >= 11 is 6.26. The lowest BCUT2D eigenvalue weighted by molar-refractivity contribution is -0.158. The van der Waals surface area contributed by atoms with E-state index in [0.717, 1.165) is 88.0 Å². The Labute approximate surface area is 388 Å². The maximum Gasteiger partial charge on any atom is 0.189 e. The Morgan fingerprint density at radius 2 is 1.06 bits per heavy atom. The fourth-order valence-electron chi connectivity index (χ4n) is 9.21. The molecule has 4 aliphatic rings. The van der Waals surface area contributed by atoms with Gasteiger partial charge in [0.2, 0.25) is 0 Å². The standard InChI is InChI=1S/C23H27N5O2S2.C22H25N5O3S2/c1-7-13-10-14(19-18(13)29-23(4,5)30-19)26-20-16(11(2)25-22(28-20)31-6)21-27-17-12(3)24-9-8-15(17)32-21;1-10-15(20-26-16-11(2)23-7-6-14(16)32-20)19(27-21(24-10)31-5)25-13-8-12(9-28)17-18(13)30-22(3,4)29-17/h7-9,13-14,18-19H,1,10H2,2-6H3,(H,25,26,28);6-7,9,12-13,17-18H,8H2,1-5H3,(H,24,25,27)/t13-,14+,18+,19-;12-,13-,17-,18+/m01/s1.